The Bertz CT molecular complexity index is 810. The number of hydrogen-bond donors (Lipinski definition) is 1. The zero-order valence-electron chi connectivity index (χ0n) is 13.8. The highest BCUT2D eigenvalue weighted by molar-refractivity contribution is 9.10. The van der Waals surface area contributed by atoms with Crippen LogP contribution in [0.3, 0.4) is 0 Å². The number of amides is 1. The van der Waals surface area contributed by atoms with Crippen LogP contribution < -0.4 is 5.32 Å². The van der Waals surface area contributed by atoms with Gasteiger partial charge in [-0.3, -0.25) is 4.79 Å². The molecule has 2 aromatic rings. The van der Waals surface area contributed by atoms with Crippen molar-refractivity contribution in [1.82, 2.24) is 14.9 Å². The average Bonchev–Trinajstić information content (AvgIpc) is 2.93. The second kappa shape index (κ2) is 6.34. The molecule has 4 nitrogen and oxygen atoms in total. The number of halogens is 3. The van der Waals surface area contributed by atoms with Gasteiger partial charge in [0, 0.05) is 29.8 Å². The summed E-state index contributed by atoms with van der Waals surface area (Å²) in [6.45, 7) is 0. The number of carbonyl (C=O) groups is 1. The molecule has 0 radical (unpaired) electrons. The largest absolute Gasteiger partial charge is 0.346 e. The summed E-state index contributed by atoms with van der Waals surface area (Å²) in [6.07, 6.45) is 2.88. The number of aromatic nitrogens is 2. The first-order chi connectivity index (χ1) is 11.9. The van der Waals surface area contributed by atoms with Crippen LogP contribution >= 0.6 is 15.9 Å². The van der Waals surface area contributed by atoms with Crippen LogP contribution in [-0.2, 0) is 4.79 Å². The Morgan fingerprint density at radius 1 is 1.24 bits per heavy atom. The van der Waals surface area contributed by atoms with Crippen LogP contribution in [0, 0.1) is 0 Å². The highest BCUT2D eigenvalue weighted by atomic mass is 79.9. The van der Waals surface area contributed by atoms with Gasteiger partial charge in [-0.15, -0.1) is 0 Å². The summed E-state index contributed by atoms with van der Waals surface area (Å²) in [4.78, 5) is 16.6. The van der Waals surface area contributed by atoms with Gasteiger partial charge < -0.3 is 9.88 Å². The van der Waals surface area contributed by atoms with Gasteiger partial charge in [-0.25, -0.2) is 13.8 Å². The predicted octanol–water partition coefficient (Wildman–Crippen LogP) is 4.89. The van der Waals surface area contributed by atoms with Crippen molar-refractivity contribution in [2.24, 2.45) is 0 Å². The van der Waals surface area contributed by atoms with Crippen molar-refractivity contribution in [2.75, 3.05) is 0 Å². The molecule has 25 heavy (non-hydrogen) atoms. The topological polar surface area (TPSA) is 46.9 Å². The molecule has 1 saturated heterocycles. The number of rotatable bonds is 2. The molecule has 4 rings (SSSR count). The molecule has 1 atom stereocenters. The predicted molar refractivity (Wildman–Crippen MR) is 94.6 cm³/mol. The lowest BCUT2D eigenvalue weighted by Crippen LogP contribution is -2.35. The molecule has 2 heterocycles. The van der Waals surface area contributed by atoms with Crippen LogP contribution in [-0.4, -0.2) is 21.4 Å². The van der Waals surface area contributed by atoms with Crippen molar-refractivity contribution < 1.29 is 13.6 Å². The summed E-state index contributed by atoms with van der Waals surface area (Å²) < 4.78 is 30.2. The monoisotopic (exact) mass is 411 g/mol. The van der Waals surface area contributed by atoms with Gasteiger partial charge in [0.15, 0.2) is 0 Å². The molecule has 1 aromatic heterocycles. The standard InChI is InChI=1S/C18H20BrF2N3O/c19-11-4-5-15-14(10-11)23-17(13-2-1-3-16(25)22-13)24(15)12-6-8-18(20,21)9-7-12/h4-5,10,12-13H,1-3,6-9H2,(H,22,25). The lowest BCUT2D eigenvalue weighted by Gasteiger charge is -2.32. The zero-order valence-corrected chi connectivity index (χ0v) is 15.4. The van der Waals surface area contributed by atoms with E-state index in [1.54, 1.807) is 0 Å². The van der Waals surface area contributed by atoms with Crippen molar-refractivity contribution in [2.45, 2.75) is 63.0 Å². The number of hydrogen-bond acceptors (Lipinski definition) is 2. The molecule has 1 saturated carbocycles. The summed E-state index contributed by atoms with van der Waals surface area (Å²) in [5.41, 5.74) is 1.79. The lowest BCUT2D eigenvalue weighted by molar-refractivity contribution is -0.123. The van der Waals surface area contributed by atoms with Crippen molar-refractivity contribution >= 4 is 32.9 Å². The van der Waals surface area contributed by atoms with E-state index in [0.29, 0.717) is 19.3 Å². The van der Waals surface area contributed by atoms with Gasteiger partial charge in [0.1, 0.15) is 5.82 Å². The van der Waals surface area contributed by atoms with Crippen LogP contribution in [0.25, 0.3) is 11.0 Å². The zero-order chi connectivity index (χ0) is 17.6. The van der Waals surface area contributed by atoms with Crippen LogP contribution in [0.5, 0.6) is 0 Å². The van der Waals surface area contributed by atoms with Gasteiger partial charge in [0.05, 0.1) is 17.1 Å². The van der Waals surface area contributed by atoms with Crippen molar-refractivity contribution in [3.63, 3.8) is 0 Å². The summed E-state index contributed by atoms with van der Waals surface area (Å²) in [7, 11) is 0. The van der Waals surface area contributed by atoms with E-state index in [-0.39, 0.29) is 30.8 Å². The summed E-state index contributed by atoms with van der Waals surface area (Å²) in [5, 5.41) is 3.02. The summed E-state index contributed by atoms with van der Waals surface area (Å²) >= 11 is 3.46. The normalized spacial score (nSPS) is 24.4. The van der Waals surface area contributed by atoms with Crippen molar-refractivity contribution in [3.05, 3.63) is 28.5 Å². The number of imidazole rings is 1. The summed E-state index contributed by atoms with van der Waals surface area (Å²) in [5.74, 6) is -1.72. The molecular formula is C18H20BrF2N3O. The minimum Gasteiger partial charge on any atom is -0.346 e. The molecule has 0 bridgehead atoms. The Kier molecular flexibility index (Phi) is 4.30. The maximum absolute atomic E-state index is 13.6. The fraction of sp³-hybridized carbons (Fsp3) is 0.556. The number of nitrogens with one attached hydrogen (secondary N) is 1. The van der Waals surface area contributed by atoms with Gasteiger partial charge in [0.25, 0.3) is 0 Å². The molecule has 0 spiro atoms. The van der Waals surface area contributed by atoms with E-state index in [1.807, 2.05) is 18.2 Å². The molecule has 134 valence electrons. The second-order valence-electron chi connectivity index (χ2n) is 7.07. The molecule has 7 heteroatoms. The maximum Gasteiger partial charge on any atom is 0.248 e. The minimum absolute atomic E-state index is 0.000343. The highest BCUT2D eigenvalue weighted by Gasteiger charge is 2.37. The Balaban J connectivity index is 1.77. The SMILES string of the molecule is O=C1CCCC(c2nc3cc(Br)ccc3n2C2CCC(F)(F)CC2)N1. The van der Waals surface area contributed by atoms with Crippen LogP contribution in [0.4, 0.5) is 8.78 Å². The van der Waals surface area contributed by atoms with Crippen LogP contribution in [0.1, 0.15) is 62.9 Å². The Morgan fingerprint density at radius 2 is 2.00 bits per heavy atom. The number of alkyl halides is 2. The van der Waals surface area contributed by atoms with Crippen molar-refractivity contribution in [3.8, 4) is 0 Å². The maximum atomic E-state index is 13.6. The quantitative estimate of drug-likeness (QED) is 0.764. The minimum atomic E-state index is -2.56. The fourth-order valence-corrected chi connectivity index (χ4v) is 4.35. The number of nitrogens with zero attached hydrogens (tertiary/aromatic N) is 2. The first kappa shape index (κ1) is 16.9. The number of fused-ring (bicyclic) bond motifs is 1. The van der Waals surface area contributed by atoms with Gasteiger partial charge in [-0.1, -0.05) is 15.9 Å². The number of benzene rings is 1. The van der Waals surface area contributed by atoms with Gasteiger partial charge in [-0.05, 0) is 43.9 Å². The summed E-state index contributed by atoms with van der Waals surface area (Å²) in [6, 6.07) is 5.72. The molecule has 2 aliphatic rings. The Hall–Kier alpha value is -1.50. The van der Waals surface area contributed by atoms with E-state index in [0.717, 1.165) is 34.2 Å². The second-order valence-corrected chi connectivity index (χ2v) is 7.99. The van der Waals surface area contributed by atoms with E-state index in [9.17, 15) is 13.6 Å². The van der Waals surface area contributed by atoms with Crippen LogP contribution in [0.2, 0.25) is 0 Å². The molecule has 1 amide bonds. The number of carbonyl (C=O) groups excluding carboxylic acids is 1. The molecule has 1 aliphatic carbocycles. The average molecular weight is 412 g/mol. The van der Waals surface area contributed by atoms with E-state index in [4.69, 9.17) is 4.98 Å². The van der Waals surface area contributed by atoms with Gasteiger partial charge >= 0.3 is 0 Å². The highest BCUT2D eigenvalue weighted by Crippen LogP contribution is 2.41. The smallest absolute Gasteiger partial charge is 0.248 e. The first-order valence-electron chi connectivity index (χ1n) is 8.77. The van der Waals surface area contributed by atoms with Gasteiger partial charge in [0.2, 0.25) is 11.8 Å². The molecule has 2 fully saturated rings. The van der Waals surface area contributed by atoms with Crippen LogP contribution in [0.15, 0.2) is 22.7 Å². The van der Waals surface area contributed by atoms with E-state index >= 15 is 0 Å². The fourth-order valence-electron chi connectivity index (χ4n) is 4.00. The van der Waals surface area contributed by atoms with Crippen molar-refractivity contribution in [1.29, 1.82) is 0 Å². The molecule has 1 unspecified atom stereocenters. The van der Waals surface area contributed by atoms with Gasteiger partial charge in [-0.2, -0.15) is 0 Å². The van der Waals surface area contributed by atoms with E-state index < -0.39 is 5.92 Å². The third-order valence-electron chi connectivity index (χ3n) is 5.27. The molecule has 1 aromatic carbocycles. The first-order valence-corrected chi connectivity index (χ1v) is 9.57. The Labute approximate surface area is 153 Å². The molecular weight excluding hydrogens is 392 g/mol. The number of piperidine rings is 1. The lowest BCUT2D eigenvalue weighted by atomic mass is 9.91. The molecule has 1 aliphatic heterocycles. The third kappa shape index (κ3) is 3.30. The van der Waals surface area contributed by atoms with E-state index in [1.165, 1.54) is 0 Å². The van der Waals surface area contributed by atoms with E-state index in [2.05, 4.69) is 25.8 Å². The molecule has 1 N–H and O–H groups in total. The Morgan fingerprint density at radius 3 is 2.72 bits per heavy atom. The third-order valence-corrected chi connectivity index (χ3v) is 5.77.